The molecule has 37 heavy (non-hydrogen) atoms. The Balaban J connectivity index is 2.43. The van der Waals surface area contributed by atoms with Gasteiger partial charge in [0.25, 0.3) is 0 Å². The van der Waals surface area contributed by atoms with E-state index in [-0.39, 0.29) is 11.2 Å². The molecule has 0 unspecified atom stereocenters. The van der Waals surface area contributed by atoms with Crippen molar-refractivity contribution < 1.29 is 33.5 Å². The van der Waals surface area contributed by atoms with Crippen molar-refractivity contribution in [2.24, 2.45) is 0 Å². The lowest BCUT2D eigenvalue weighted by Gasteiger charge is -2.30. The van der Waals surface area contributed by atoms with Crippen molar-refractivity contribution in [3.05, 3.63) is 63.2 Å². The second kappa shape index (κ2) is 16.1. The molecule has 0 aliphatic rings. The quantitative estimate of drug-likeness (QED) is 0.264. The highest BCUT2D eigenvalue weighted by Crippen LogP contribution is 2.38. The topological polar surface area (TPSA) is 75.6 Å². The number of hydrogen-bond acceptors (Lipinski definition) is 7. The van der Waals surface area contributed by atoms with E-state index in [4.69, 9.17) is 28.4 Å². The monoisotopic (exact) mass is 518 g/mol. The van der Waals surface area contributed by atoms with E-state index >= 15 is 0 Å². The molecule has 2 aromatic carbocycles. The molecular weight excluding hydrogens is 472 g/mol. The number of phenols is 1. The first-order valence-electron chi connectivity index (χ1n) is 13.1. The highest BCUT2D eigenvalue weighted by molar-refractivity contribution is 5.50. The minimum Gasteiger partial charge on any atom is -0.507 e. The van der Waals surface area contributed by atoms with Crippen molar-refractivity contribution in [1.82, 2.24) is 0 Å². The van der Waals surface area contributed by atoms with E-state index in [1.807, 2.05) is 26.0 Å². The molecule has 0 spiro atoms. The molecule has 2 rings (SSSR count). The average molecular weight is 519 g/mol. The standard InChI is InChI=1S/C30H46O7/c1-8-34-10-12-36-20-24-15-27(14-23(18-32-6)22(24)3)30(4,5)28-16-25(19-33-7)29(31)26(17-28)21-37-13-11-35-9-2/h14-17,31H,8-13,18-21H2,1-7H3. The smallest absolute Gasteiger partial charge is 0.126 e. The highest BCUT2D eigenvalue weighted by atomic mass is 16.5. The number of methoxy groups -OCH3 is 2. The third-order valence-corrected chi connectivity index (χ3v) is 6.60. The Morgan fingerprint density at radius 3 is 1.49 bits per heavy atom. The summed E-state index contributed by atoms with van der Waals surface area (Å²) < 4.78 is 33.4. The molecule has 2 aromatic rings. The zero-order chi connectivity index (χ0) is 27.3. The molecular formula is C30H46O7. The predicted octanol–water partition coefficient (Wildman–Crippen LogP) is 5.43. The lowest BCUT2D eigenvalue weighted by atomic mass is 9.75. The molecule has 0 radical (unpaired) electrons. The van der Waals surface area contributed by atoms with Crippen molar-refractivity contribution in [1.29, 1.82) is 0 Å². The van der Waals surface area contributed by atoms with Gasteiger partial charge in [-0.3, -0.25) is 0 Å². The molecule has 0 heterocycles. The first kappa shape index (κ1) is 31.2. The largest absolute Gasteiger partial charge is 0.507 e. The van der Waals surface area contributed by atoms with Gasteiger partial charge in [-0.2, -0.15) is 0 Å². The van der Waals surface area contributed by atoms with Crippen LogP contribution in [0.25, 0.3) is 0 Å². The normalized spacial score (nSPS) is 11.9. The van der Waals surface area contributed by atoms with Crippen molar-refractivity contribution in [2.45, 2.75) is 66.5 Å². The lowest BCUT2D eigenvalue weighted by Crippen LogP contribution is -2.21. The van der Waals surface area contributed by atoms with Gasteiger partial charge in [0.05, 0.1) is 52.9 Å². The highest BCUT2D eigenvalue weighted by Gasteiger charge is 2.27. The average Bonchev–Trinajstić information content (AvgIpc) is 2.87. The van der Waals surface area contributed by atoms with E-state index in [0.29, 0.717) is 66.1 Å². The zero-order valence-electron chi connectivity index (χ0n) is 23.8. The fourth-order valence-electron chi connectivity index (χ4n) is 4.21. The number of rotatable bonds is 18. The molecule has 208 valence electrons. The lowest BCUT2D eigenvalue weighted by molar-refractivity contribution is 0.0445. The molecule has 7 nitrogen and oxygen atoms in total. The van der Waals surface area contributed by atoms with Crippen LogP contribution in [0.1, 0.15) is 66.6 Å². The van der Waals surface area contributed by atoms with E-state index in [9.17, 15) is 5.11 Å². The van der Waals surface area contributed by atoms with Gasteiger partial charge in [0, 0.05) is 44.0 Å². The van der Waals surface area contributed by atoms with E-state index in [1.54, 1.807) is 14.2 Å². The van der Waals surface area contributed by atoms with Crippen LogP contribution in [0.15, 0.2) is 24.3 Å². The van der Waals surface area contributed by atoms with Crippen LogP contribution in [-0.4, -0.2) is 59.0 Å². The minimum atomic E-state index is -0.369. The molecule has 0 bridgehead atoms. The molecule has 7 heteroatoms. The van der Waals surface area contributed by atoms with Crippen molar-refractivity contribution in [3.8, 4) is 5.75 Å². The van der Waals surface area contributed by atoms with Crippen LogP contribution in [0.2, 0.25) is 0 Å². The molecule has 0 aliphatic carbocycles. The Hall–Kier alpha value is -2.00. The SMILES string of the molecule is CCOCCOCc1cc(C(C)(C)c2cc(COC)c(O)c(COCCOCC)c2)cc(COC)c1C. The van der Waals surface area contributed by atoms with Crippen LogP contribution >= 0.6 is 0 Å². The summed E-state index contributed by atoms with van der Waals surface area (Å²) in [4.78, 5) is 0. The second-order valence-electron chi connectivity index (χ2n) is 9.55. The maximum Gasteiger partial charge on any atom is 0.126 e. The maximum absolute atomic E-state index is 10.9. The van der Waals surface area contributed by atoms with Gasteiger partial charge in [0.2, 0.25) is 0 Å². The van der Waals surface area contributed by atoms with Gasteiger partial charge < -0.3 is 33.5 Å². The summed E-state index contributed by atoms with van der Waals surface area (Å²) in [6, 6.07) is 8.49. The van der Waals surface area contributed by atoms with Crippen molar-refractivity contribution >= 4 is 0 Å². The summed E-state index contributed by atoms with van der Waals surface area (Å²) in [7, 11) is 3.34. The Kier molecular flexibility index (Phi) is 13.6. The number of ether oxygens (including phenoxy) is 6. The molecule has 0 saturated heterocycles. The first-order valence-corrected chi connectivity index (χ1v) is 13.1. The zero-order valence-corrected chi connectivity index (χ0v) is 23.8. The van der Waals surface area contributed by atoms with Crippen LogP contribution in [-0.2, 0) is 60.3 Å². The predicted molar refractivity (Wildman–Crippen MR) is 145 cm³/mol. The Labute approximate surface area is 223 Å². The maximum atomic E-state index is 10.9. The van der Waals surface area contributed by atoms with Crippen molar-refractivity contribution in [2.75, 3.05) is 53.9 Å². The molecule has 0 fully saturated rings. The summed E-state index contributed by atoms with van der Waals surface area (Å²) in [5.74, 6) is 0.213. The van der Waals surface area contributed by atoms with Gasteiger partial charge in [-0.15, -0.1) is 0 Å². The summed E-state index contributed by atoms with van der Waals surface area (Å²) in [5.41, 5.74) is 6.75. The molecule has 0 amide bonds. The van der Waals surface area contributed by atoms with Gasteiger partial charge in [-0.05, 0) is 60.7 Å². The van der Waals surface area contributed by atoms with Gasteiger partial charge in [-0.25, -0.2) is 0 Å². The van der Waals surface area contributed by atoms with Crippen LogP contribution in [0, 0.1) is 6.92 Å². The van der Waals surface area contributed by atoms with Gasteiger partial charge in [0.15, 0.2) is 0 Å². The fraction of sp³-hybridized carbons (Fsp3) is 0.600. The molecule has 0 atom stereocenters. The Bertz CT molecular complexity index is 880. The van der Waals surface area contributed by atoms with Crippen LogP contribution in [0.4, 0.5) is 0 Å². The number of aromatic hydroxyl groups is 1. The van der Waals surface area contributed by atoms with Crippen LogP contribution in [0.3, 0.4) is 0 Å². The minimum absolute atomic E-state index is 0.213. The summed E-state index contributed by atoms with van der Waals surface area (Å²) >= 11 is 0. The molecule has 0 aliphatic heterocycles. The number of phenolic OH excluding ortho intramolecular Hbond substituents is 1. The van der Waals surface area contributed by atoms with Gasteiger partial charge in [0.1, 0.15) is 5.75 Å². The molecule has 0 saturated carbocycles. The van der Waals surface area contributed by atoms with Crippen molar-refractivity contribution in [3.63, 3.8) is 0 Å². The fourth-order valence-corrected chi connectivity index (χ4v) is 4.21. The second-order valence-corrected chi connectivity index (χ2v) is 9.55. The summed E-state index contributed by atoms with van der Waals surface area (Å²) in [6.45, 7) is 15.5. The van der Waals surface area contributed by atoms with E-state index in [2.05, 4.69) is 32.9 Å². The third kappa shape index (κ3) is 9.06. The van der Waals surface area contributed by atoms with Gasteiger partial charge in [-0.1, -0.05) is 26.0 Å². The van der Waals surface area contributed by atoms with E-state index < -0.39 is 0 Å². The van der Waals surface area contributed by atoms with E-state index in [1.165, 1.54) is 5.56 Å². The summed E-state index contributed by atoms with van der Waals surface area (Å²) in [5, 5.41) is 10.9. The first-order chi connectivity index (χ1) is 17.8. The number of hydrogen-bond donors (Lipinski definition) is 1. The molecule has 0 aromatic heterocycles. The van der Waals surface area contributed by atoms with Crippen LogP contribution in [0.5, 0.6) is 5.75 Å². The van der Waals surface area contributed by atoms with E-state index in [0.717, 1.165) is 33.4 Å². The summed E-state index contributed by atoms with van der Waals surface area (Å²) in [6.07, 6.45) is 0. The molecule has 1 N–H and O–H groups in total. The number of benzene rings is 2. The Morgan fingerprint density at radius 2 is 1.00 bits per heavy atom. The Morgan fingerprint density at radius 1 is 0.622 bits per heavy atom. The third-order valence-electron chi connectivity index (χ3n) is 6.60. The van der Waals surface area contributed by atoms with Crippen LogP contribution < -0.4 is 0 Å². The van der Waals surface area contributed by atoms with Gasteiger partial charge >= 0.3 is 0 Å².